The van der Waals surface area contributed by atoms with E-state index in [1.165, 1.54) is 36.4 Å². The summed E-state index contributed by atoms with van der Waals surface area (Å²) < 4.78 is 0. The van der Waals surface area contributed by atoms with Gasteiger partial charge in [0.2, 0.25) is 17.7 Å². The maximum Gasteiger partial charge on any atom is 0.326 e. The third kappa shape index (κ3) is 11.1. The Kier molecular flexibility index (Phi) is 12.2. The van der Waals surface area contributed by atoms with Gasteiger partial charge in [0, 0.05) is 12.8 Å². The molecule has 0 fully saturated rings. The number of rotatable bonds is 16. The first-order valence-electron chi connectivity index (χ1n) is 12.6. The molecule has 15 heteroatoms. The lowest BCUT2D eigenvalue weighted by Crippen LogP contribution is -2.58. The molecule has 4 unspecified atom stereocenters. The molecule has 0 heterocycles. The van der Waals surface area contributed by atoms with Crippen molar-refractivity contribution in [3.05, 3.63) is 59.7 Å². The van der Waals surface area contributed by atoms with E-state index in [0.717, 1.165) is 0 Å². The second kappa shape index (κ2) is 15.6. The highest BCUT2D eigenvalue weighted by molar-refractivity contribution is 5.95. The van der Waals surface area contributed by atoms with Crippen molar-refractivity contribution in [2.24, 2.45) is 5.73 Å². The summed E-state index contributed by atoms with van der Waals surface area (Å²) in [6.45, 7) is 0. The van der Waals surface area contributed by atoms with Crippen molar-refractivity contribution in [3.63, 3.8) is 0 Å². The molecule has 0 aliphatic rings. The first kappa shape index (κ1) is 33.0. The lowest BCUT2D eigenvalue weighted by Gasteiger charge is -2.25. The molecule has 0 bridgehead atoms. The van der Waals surface area contributed by atoms with Crippen LogP contribution in [0.25, 0.3) is 0 Å². The molecule has 4 atom stereocenters. The van der Waals surface area contributed by atoms with Crippen LogP contribution < -0.4 is 21.7 Å². The molecule has 0 aromatic heterocycles. The molecule has 226 valence electrons. The molecule has 0 saturated heterocycles. The van der Waals surface area contributed by atoms with Crippen LogP contribution in [0.5, 0.6) is 11.5 Å². The van der Waals surface area contributed by atoms with Gasteiger partial charge in [-0.3, -0.25) is 24.0 Å². The van der Waals surface area contributed by atoms with Gasteiger partial charge in [0.1, 0.15) is 29.6 Å². The minimum absolute atomic E-state index is 0.0129. The van der Waals surface area contributed by atoms with Crippen LogP contribution in [0.2, 0.25) is 0 Å². The fourth-order valence-corrected chi connectivity index (χ4v) is 3.79. The average Bonchev–Trinajstić information content (AvgIpc) is 2.91. The standard InChI is InChI=1S/C27H32N4O11/c28-18(11-14-1-5-16(32)6-2-14)24(38)30-20(12-15-3-7-17(33)8-4-15)25(39)31-21(13-23(36)37)26(40)29-19(27(41)42)9-10-22(34)35/h1-8,18-21,32-33H,9-13,28H2,(H,29,40)(H,30,38)(H,31,39)(H,34,35)(H,36,37)(H,41,42). The molecule has 0 spiro atoms. The van der Waals surface area contributed by atoms with Gasteiger partial charge in [0.05, 0.1) is 12.5 Å². The molecular weight excluding hydrogens is 556 g/mol. The zero-order valence-corrected chi connectivity index (χ0v) is 22.2. The highest BCUT2D eigenvalue weighted by Gasteiger charge is 2.32. The predicted molar refractivity (Wildman–Crippen MR) is 144 cm³/mol. The Bertz CT molecular complexity index is 1280. The number of amides is 3. The van der Waals surface area contributed by atoms with E-state index in [2.05, 4.69) is 10.6 Å². The number of aromatic hydroxyl groups is 2. The number of hydrogen-bond acceptors (Lipinski definition) is 9. The van der Waals surface area contributed by atoms with Crippen molar-refractivity contribution in [2.45, 2.75) is 56.3 Å². The first-order chi connectivity index (χ1) is 19.7. The molecule has 15 nitrogen and oxygen atoms in total. The molecule has 42 heavy (non-hydrogen) atoms. The van der Waals surface area contributed by atoms with Crippen LogP contribution in [0.4, 0.5) is 0 Å². The summed E-state index contributed by atoms with van der Waals surface area (Å²) in [4.78, 5) is 72.8. The number of phenols is 2. The van der Waals surface area contributed by atoms with E-state index in [1.807, 2.05) is 5.32 Å². The minimum Gasteiger partial charge on any atom is -0.508 e. The van der Waals surface area contributed by atoms with Crippen LogP contribution in [0.3, 0.4) is 0 Å². The maximum atomic E-state index is 13.3. The van der Waals surface area contributed by atoms with Crippen LogP contribution >= 0.6 is 0 Å². The molecule has 2 aromatic carbocycles. The van der Waals surface area contributed by atoms with E-state index in [1.54, 1.807) is 12.1 Å². The van der Waals surface area contributed by atoms with Gasteiger partial charge in [-0.2, -0.15) is 0 Å². The number of nitrogens with one attached hydrogen (secondary N) is 3. The van der Waals surface area contributed by atoms with Gasteiger partial charge in [-0.25, -0.2) is 4.79 Å². The number of carboxylic acids is 3. The van der Waals surface area contributed by atoms with E-state index in [4.69, 9.17) is 10.8 Å². The van der Waals surface area contributed by atoms with Crippen molar-refractivity contribution in [1.82, 2.24) is 16.0 Å². The van der Waals surface area contributed by atoms with Crippen molar-refractivity contribution >= 4 is 35.6 Å². The van der Waals surface area contributed by atoms with E-state index in [0.29, 0.717) is 11.1 Å². The van der Waals surface area contributed by atoms with Crippen LogP contribution in [-0.4, -0.2) is 85.3 Å². The van der Waals surface area contributed by atoms with Gasteiger partial charge in [-0.1, -0.05) is 24.3 Å². The molecule has 0 aliphatic heterocycles. The SMILES string of the molecule is NC(Cc1ccc(O)cc1)C(=O)NC(Cc1ccc(O)cc1)C(=O)NC(CC(=O)O)C(=O)NC(CCC(=O)O)C(=O)O. The van der Waals surface area contributed by atoms with Crippen LogP contribution in [0, 0.1) is 0 Å². The number of carboxylic acid groups (broad SMARTS) is 3. The van der Waals surface area contributed by atoms with Crippen molar-refractivity contribution < 1.29 is 54.3 Å². The molecule has 0 aliphatic carbocycles. The lowest BCUT2D eigenvalue weighted by molar-refractivity contribution is -0.144. The number of nitrogens with two attached hydrogens (primary N) is 1. The van der Waals surface area contributed by atoms with Gasteiger partial charge in [-0.15, -0.1) is 0 Å². The Hall–Kier alpha value is -5.18. The fraction of sp³-hybridized carbons (Fsp3) is 0.333. The molecule has 2 rings (SSSR count). The zero-order valence-electron chi connectivity index (χ0n) is 22.2. The zero-order chi connectivity index (χ0) is 31.4. The van der Waals surface area contributed by atoms with Gasteiger partial charge in [0.15, 0.2) is 0 Å². The van der Waals surface area contributed by atoms with Crippen LogP contribution in [-0.2, 0) is 41.6 Å². The van der Waals surface area contributed by atoms with Crippen molar-refractivity contribution in [3.8, 4) is 11.5 Å². The van der Waals surface area contributed by atoms with E-state index >= 15 is 0 Å². The fourth-order valence-electron chi connectivity index (χ4n) is 3.79. The van der Waals surface area contributed by atoms with E-state index < -0.39 is 79.1 Å². The number of benzene rings is 2. The molecule has 3 amide bonds. The quantitative estimate of drug-likeness (QED) is 0.115. The Morgan fingerprint density at radius 2 is 1.07 bits per heavy atom. The largest absolute Gasteiger partial charge is 0.508 e. The summed E-state index contributed by atoms with van der Waals surface area (Å²) in [5.41, 5.74) is 7.11. The minimum atomic E-state index is -1.79. The Morgan fingerprint density at radius 3 is 1.55 bits per heavy atom. The normalized spacial score (nSPS) is 13.5. The third-order valence-electron chi connectivity index (χ3n) is 6.01. The van der Waals surface area contributed by atoms with Crippen LogP contribution in [0.15, 0.2) is 48.5 Å². The predicted octanol–water partition coefficient (Wildman–Crippen LogP) is -0.911. The van der Waals surface area contributed by atoms with Crippen molar-refractivity contribution in [1.29, 1.82) is 0 Å². The van der Waals surface area contributed by atoms with Gasteiger partial charge < -0.3 is 47.2 Å². The lowest BCUT2D eigenvalue weighted by atomic mass is 10.0. The summed E-state index contributed by atoms with van der Waals surface area (Å²) in [7, 11) is 0. The smallest absolute Gasteiger partial charge is 0.326 e. The molecule has 0 radical (unpaired) electrons. The summed E-state index contributed by atoms with van der Waals surface area (Å²) in [6, 6.07) is 5.55. The van der Waals surface area contributed by atoms with Gasteiger partial charge in [0.25, 0.3) is 0 Å². The van der Waals surface area contributed by atoms with E-state index in [9.17, 15) is 49.2 Å². The van der Waals surface area contributed by atoms with Gasteiger partial charge in [-0.05, 0) is 48.2 Å². The van der Waals surface area contributed by atoms with Crippen molar-refractivity contribution in [2.75, 3.05) is 0 Å². The Morgan fingerprint density at radius 1 is 0.619 bits per heavy atom. The molecule has 2 aromatic rings. The van der Waals surface area contributed by atoms with Gasteiger partial charge >= 0.3 is 17.9 Å². The monoisotopic (exact) mass is 588 g/mol. The summed E-state index contributed by atoms with van der Waals surface area (Å²) >= 11 is 0. The number of phenolic OH excluding ortho intramolecular Hbond substituents is 2. The second-order valence-corrected chi connectivity index (χ2v) is 9.40. The van der Waals surface area contributed by atoms with Crippen LogP contribution in [0.1, 0.15) is 30.4 Å². The number of aliphatic carboxylic acids is 3. The summed E-state index contributed by atoms with van der Waals surface area (Å²) in [5.74, 6) is -7.39. The summed E-state index contributed by atoms with van der Waals surface area (Å²) in [6.07, 6.45) is -2.18. The topological polar surface area (TPSA) is 266 Å². The average molecular weight is 589 g/mol. The molecule has 0 saturated carbocycles. The highest BCUT2D eigenvalue weighted by Crippen LogP contribution is 2.13. The van der Waals surface area contributed by atoms with E-state index in [-0.39, 0.29) is 24.3 Å². The summed E-state index contributed by atoms with van der Waals surface area (Å²) in [5, 5.41) is 53.2. The Labute approximate surface area is 239 Å². The highest BCUT2D eigenvalue weighted by atomic mass is 16.4. The first-order valence-corrected chi connectivity index (χ1v) is 12.6. The third-order valence-corrected chi connectivity index (χ3v) is 6.01. The Balaban J connectivity index is 2.24. The molecular formula is C27H32N4O11. The second-order valence-electron chi connectivity index (χ2n) is 9.40. The number of carbonyl (C=O) groups excluding carboxylic acids is 3. The molecule has 10 N–H and O–H groups in total. The number of carbonyl (C=O) groups is 6. The maximum absolute atomic E-state index is 13.3. The number of hydrogen-bond donors (Lipinski definition) is 9.